The number of amides is 1. The molecule has 2 atom stereocenters. The lowest BCUT2D eigenvalue weighted by atomic mass is 10.1. The lowest BCUT2D eigenvalue weighted by Crippen LogP contribution is -3.09. The van der Waals surface area contributed by atoms with Crippen LogP contribution in [-0.2, 0) is 24.4 Å². The molecule has 162 valence electrons. The first kappa shape index (κ1) is 21.1. The van der Waals surface area contributed by atoms with Crippen molar-refractivity contribution >= 4 is 5.91 Å². The standard InChI is InChI=1S/C25H29N3O3/c1-18-24(19(2)31-27-18)17-30-23-10-8-20(9-11-23)14-25(29)26-22-12-13-28(16-22)15-21-6-4-3-5-7-21/h3-11,22H,12-17H2,1-2H3,(H,26,29)/p+1/t22-/m0/s1. The number of hydrogen-bond acceptors (Lipinski definition) is 4. The van der Waals surface area contributed by atoms with Gasteiger partial charge in [0.15, 0.2) is 0 Å². The van der Waals surface area contributed by atoms with Gasteiger partial charge in [-0.05, 0) is 31.5 Å². The lowest BCUT2D eigenvalue weighted by Gasteiger charge is -2.14. The van der Waals surface area contributed by atoms with Crippen molar-refractivity contribution in [3.8, 4) is 5.75 Å². The quantitative estimate of drug-likeness (QED) is 0.587. The van der Waals surface area contributed by atoms with Crippen molar-refractivity contribution in [2.45, 2.75) is 45.9 Å². The van der Waals surface area contributed by atoms with Crippen LogP contribution in [-0.4, -0.2) is 30.2 Å². The molecule has 1 aliphatic heterocycles. The highest BCUT2D eigenvalue weighted by atomic mass is 16.5. The van der Waals surface area contributed by atoms with Crippen molar-refractivity contribution in [1.29, 1.82) is 0 Å². The summed E-state index contributed by atoms with van der Waals surface area (Å²) in [6.45, 7) is 7.30. The summed E-state index contributed by atoms with van der Waals surface area (Å²) in [5, 5.41) is 7.15. The Morgan fingerprint density at radius 2 is 1.90 bits per heavy atom. The second-order valence-electron chi connectivity index (χ2n) is 8.33. The fraction of sp³-hybridized carbons (Fsp3) is 0.360. The predicted octanol–water partition coefficient (Wildman–Crippen LogP) is 2.39. The van der Waals surface area contributed by atoms with E-state index in [2.05, 4.69) is 34.7 Å². The molecule has 1 aliphatic rings. The highest BCUT2D eigenvalue weighted by Gasteiger charge is 2.27. The SMILES string of the molecule is Cc1noc(C)c1COc1ccc(CC(=O)N[C@H]2CC[NH+](Cc3ccccc3)C2)cc1. The van der Waals surface area contributed by atoms with E-state index in [4.69, 9.17) is 9.26 Å². The Bertz CT molecular complexity index is 979. The number of quaternary nitrogens is 1. The minimum absolute atomic E-state index is 0.0790. The van der Waals surface area contributed by atoms with Gasteiger partial charge < -0.3 is 19.5 Å². The molecule has 31 heavy (non-hydrogen) atoms. The van der Waals surface area contributed by atoms with E-state index in [9.17, 15) is 4.79 Å². The number of carbonyl (C=O) groups excluding carboxylic acids is 1. The summed E-state index contributed by atoms with van der Waals surface area (Å²) in [6.07, 6.45) is 1.41. The second kappa shape index (κ2) is 9.79. The summed E-state index contributed by atoms with van der Waals surface area (Å²) in [4.78, 5) is 14.0. The lowest BCUT2D eigenvalue weighted by molar-refractivity contribution is -0.901. The van der Waals surface area contributed by atoms with E-state index < -0.39 is 0 Å². The van der Waals surface area contributed by atoms with Crippen LogP contribution in [0.5, 0.6) is 5.75 Å². The van der Waals surface area contributed by atoms with E-state index >= 15 is 0 Å². The number of hydrogen-bond donors (Lipinski definition) is 2. The second-order valence-corrected chi connectivity index (χ2v) is 8.33. The monoisotopic (exact) mass is 420 g/mol. The number of aromatic nitrogens is 1. The van der Waals surface area contributed by atoms with Crippen LogP contribution in [0.2, 0.25) is 0 Å². The summed E-state index contributed by atoms with van der Waals surface area (Å²) >= 11 is 0. The van der Waals surface area contributed by atoms with Gasteiger partial charge in [0.25, 0.3) is 0 Å². The van der Waals surface area contributed by atoms with Crippen molar-refractivity contribution in [3.63, 3.8) is 0 Å². The number of nitrogens with zero attached hydrogens (tertiary/aromatic N) is 1. The Kier molecular flexibility index (Phi) is 6.67. The van der Waals surface area contributed by atoms with E-state index in [0.29, 0.717) is 13.0 Å². The molecule has 1 unspecified atom stereocenters. The minimum atomic E-state index is 0.0790. The molecule has 0 spiro atoms. The van der Waals surface area contributed by atoms with Gasteiger partial charge in [-0.2, -0.15) is 0 Å². The van der Waals surface area contributed by atoms with Crippen molar-refractivity contribution in [2.24, 2.45) is 0 Å². The maximum atomic E-state index is 12.5. The Labute approximate surface area is 183 Å². The van der Waals surface area contributed by atoms with Gasteiger partial charge in [0.05, 0.1) is 36.8 Å². The highest BCUT2D eigenvalue weighted by Crippen LogP contribution is 2.18. The van der Waals surface area contributed by atoms with Gasteiger partial charge in [0, 0.05) is 12.0 Å². The summed E-state index contributed by atoms with van der Waals surface area (Å²) in [5.74, 6) is 1.62. The van der Waals surface area contributed by atoms with Crippen LogP contribution in [0.3, 0.4) is 0 Å². The molecule has 1 aromatic heterocycles. The Hall–Kier alpha value is -3.12. The van der Waals surface area contributed by atoms with Crippen molar-refractivity contribution < 1.29 is 19.0 Å². The molecule has 0 saturated carbocycles. The normalized spacial score (nSPS) is 18.1. The third-order valence-electron chi connectivity index (χ3n) is 5.90. The predicted molar refractivity (Wildman–Crippen MR) is 118 cm³/mol. The molecule has 3 aromatic rings. The Balaban J connectivity index is 1.22. The summed E-state index contributed by atoms with van der Waals surface area (Å²) < 4.78 is 11.0. The van der Waals surface area contributed by atoms with Crippen LogP contribution in [0.15, 0.2) is 59.1 Å². The molecule has 4 rings (SSSR count). The Morgan fingerprint density at radius 3 is 2.61 bits per heavy atom. The molecular formula is C25H30N3O3+. The van der Waals surface area contributed by atoms with Gasteiger partial charge in [0.1, 0.15) is 24.7 Å². The molecule has 2 heterocycles. The Morgan fingerprint density at radius 1 is 1.13 bits per heavy atom. The van der Waals surface area contributed by atoms with Gasteiger partial charge >= 0.3 is 0 Å². The average molecular weight is 421 g/mol. The summed E-state index contributed by atoms with van der Waals surface area (Å²) in [6, 6.07) is 18.5. The fourth-order valence-corrected chi connectivity index (χ4v) is 4.13. The van der Waals surface area contributed by atoms with Crippen LogP contribution in [0, 0.1) is 13.8 Å². The molecule has 2 aromatic carbocycles. The molecule has 6 heteroatoms. The zero-order chi connectivity index (χ0) is 21.6. The summed E-state index contributed by atoms with van der Waals surface area (Å²) in [7, 11) is 0. The summed E-state index contributed by atoms with van der Waals surface area (Å²) in [5.41, 5.74) is 4.15. The highest BCUT2D eigenvalue weighted by molar-refractivity contribution is 5.78. The number of aryl methyl sites for hydroxylation is 2. The molecular weight excluding hydrogens is 390 g/mol. The molecule has 1 amide bonds. The maximum absolute atomic E-state index is 12.5. The van der Waals surface area contributed by atoms with Crippen molar-refractivity contribution in [3.05, 3.63) is 82.7 Å². The van der Waals surface area contributed by atoms with E-state index in [1.807, 2.05) is 44.2 Å². The van der Waals surface area contributed by atoms with Gasteiger partial charge in [-0.1, -0.05) is 47.6 Å². The van der Waals surface area contributed by atoms with Crippen LogP contribution in [0.1, 0.15) is 34.6 Å². The number of likely N-dealkylation sites (tertiary alicyclic amines) is 1. The van der Waals surface area contributed by atoms with E-state index in [-0.39, 0.29) is 11.9 Å². The molecule has 1 fully saturated rings. The smallest absolute Gasteiger partial charge is 0.224 e. The minimum Gasteiger partial charge on any atom is -0.489 e. The zero-order valence-corrected chi connectivity index (χ0v) is 18.2. The first-order valence-electron chi connectivity index (χ1n) is 10.9. The molecule has 6 nitrogen and oxygen atoms in total. The molecule has 0 bridgehead atoms. The van der Waals surface area contributed by atoms with E-state index in [1.165, 1.54) is 10.5 Å². The van der Waals surface area contributed by atoms with E-state index in [0.717, 1.165) is 54.4 Å². The van der Waals surface area contributed by atoms with Crippen LogP contribution < -0.4 is 15.0 Å². The first-order valence-corrected chi connectivity index (χ1v) is 10.9. The zero-order valence-electron chi connectivity index (χ0n) is 18.2. The third kappa shape index (κ3) is 5.73. The molecule has 2 N–H and O–H groups in total. The van der Waals surface area contributed by atoms with Gasteiger partial charge in [-0.25, -0.2) is 0 Å². The number of rotatable bonds is 8. The van der Waals surface area contributed by atoms with Gasteiger partial charge in [0.2, 0.25) is 5.91 Å². The molecule has 1 saturated heterocycles. The van der Waals surface area contributed by atoms with Crippen molar-refractivity contribution in [1.82, 2.24) is 10.5 Å². The largest absolute Gasteiger partial charge is 0.489 e. The van der Waals surface area contributed by atoms with Gasteiger partial charge in [-0.15, -0.1) is 0 Å². The van der Waals surface area contributed by atoms with Gasteiger partial charge in [-0.3, -0.25) is 4.79 Å². The number of nitrogens with one attached hydrogen (secondary N) is 2. The topological polar surface area (TPSA) is 68.8 Å². The van der Waals surface area contributed by atoms with Crippen LogP contribution in [0.25, 0.3) is 0 Å². The molecule has 0 radical (unpaired) electrons. The first-order chi connectivity index (χ1) is 15.1. The number of ether oxygens (including phenoxy) is 1. The van der Waals surface area contributed by atoms with Crippen LogP contribution in [0.4, 0.5) is 0 Å². The van der Waals surface area contributed by atoms with E-state index in [1.54, 1.807) is 0 Å². The van der Waals surface area contributed by atoms with Crippen molar-refractivity contribution in [2.75, 3.05) is 13.1 Å². The fourth-order valence-electron chi connectivity index (χ4n) is 4.13. The van der Waals surface area contributed by atoms with Crippen LogP contribution >= 0.6 is 0 Å². The third-order valence-corrected chi connectivity index (χ3v) is 5.90. The number of benzene rings is 2. The maximum Gasteiger partial charge on any atom is 0.224 e. The average Bonchev–Trinajstić information content (AvgIpc) is 3.34. The number of carbonyl (C=O) groups is 1. The molecule has 0 aliphatic carbocycles.